The van der Waals surface area contributed by atoms with Gasteiger partial charge in [0.05, 0.1) is 26.1 Å². The molecule has 3 aromatic rings. The van der Waals surface area contributed by atoms with Crippen LogP contribution < -0.4 is 19.7 Å². The smallest absolute Gasteiger partial charge is 0.247 e. The van der Waals surface area contributed by atoms with Crippen molar-refractivity contribution in [3.63, 3.8) is 0 Å². The zero-order chi connectivity index (χ0) is 26.4. The molecule has 0 spiro atoms. The van der Waals surface area contributed by atoms with Gasteiger partial charge in [-0.15, -0.1) is 5.10 Å². The molecule has 11 heteroatoms. The van der Waals surface area contributed by atoms with Gasteiger partial charge in [0.15, 0.2) is 16.7 Å². The van der Waals surface area contributed by atoms with Crippen LogP contribution in [0.4, 0.5) is 11.4 Å². The number of methoxy groups -OCH3 is 2. The Bertz CT molecular complexity index is 1360. The van der Waals surface area contributed by atoms with Crippen LogP contribution in [-0.2, 0) is 9.59 Å². The number of nitrogens with one attached hydrogen (secondary N) is 1. The molecule has 1 aliphatic rings. The van der Waals surface area contributed by atoms with E-state index >= 15 is 0 Å². The number of aromatic hydroxyl groups is 1. The van der Waals surface area contributed by atoms with Crippen molar-refractivity contribution >= 4 is 57.9 Å². The van der Waals surface area contributed by atoms with Gasteiger partial charge >= 0.3 is 0 Å². The van der Waals surface area contributed by atoms with Gasteiger partial charge in [-0.3, -0.25) is 14.5 Å². The molecule has 3 aromatic carbocycles. The van der Waals surface area contributed by atoms with E-state index in [4.69, 9.17) is 21.1 Å². The predicted molar refractivity (Wildman–Crippen MR) is 146 cm³/mol. The Hall–Kier alpha value is -4.02. The van der Waals surface area contributed by atoms with Gasteiger partial charge in [-0.05, 0) is 60.2 Å². The largest absolute Gasteiger partial charge is 0.508 e. The highest BCUT2D eigenvalue weighted by molar-refractivity contribution is 8.16. The van der Waals surface area contributed by atoms with E-state index in [-0.39, 0.29) is 29.2 Å². The highest BCUT2D eigenvalue weighted by Gasteiger charge is 2.40. The molecule has 2 amide bonds. The summed E-state index contributed by atoms with van der Waals surface area (Å²) >= 11 is 7.02. The molecule has 1 heterocycles. The van der Waals surface area contributed by atoms with Gasteiger partial charge in [0.2, 0.25) is 11.8 Å². The number of halogens is 1. The van der Waals surface area contributed by atoms with E-state index in [1.807, 2.05) is 0 Å². The molecule has 0 aromatic heterocycles. The van der Waals surface area contributed by atoms with Crippen LogP contribution in [0.1, 0.15) is 12.0 Å². The molecule has 1 unspecified atom stereocenters. The molecule has 2 N–H and O–H groups in total. The summed E-state index contributed by atoms with van der Waals surface area (Å²) in [7, 11) is 3.09. The monoisotopic (exact) mass is 538 g/mol. The van der Waals surface area contributed by atoms with Crippen LogP contribution in [0.5, 0.6) is 17.2 Å². The summed E-state index contributed by atoms with van der Waals surface area (Å²) in [5.41, 5.74) is 1.69. The summed E-state index contributed by atoms with van der Waals surface area (Å²) in [6, 6.07) is 18.2. The fourth-order valence-corrected chi connectivity index (χ4v) is 4.74. The number of thioether (sulfide) groups is 1. The van der Waals surface area contributed by atoms with E-state index in [1.165, 1.54) is 30.4 Å². The quantitative estimate of drug-likeness (QED) is 0.310. The van der Waals surface area contributed by atoms with E-state index in [2.05, 4.69) is 15.5 Å². The highest BCUT2D eigenvalue weighted by atomic mass is 35.5. The van der Waals surface area contributed by atoms with E-state index < -0.39 is 5.25 Å². The average Bonchev–Trinajstić information content (AvgIpc) is 3.19. The number of ether oxygens (including phenoxy) is 2. The van der Waals surface area contributed by atoms with Crippen LogP contribution in [0.3, 0.4) is 0 Å². The molecule has 1 fully saturated rings. The Morgan fingerprint density at radius 2 is 1.86 bits per heavy atom. The van der Waals surface area contributed by atoms with Gasteiger partial charge in [-0.1, -0.05) is 29.4 Å². The van der Waals surface area contributed by atoms with Gasteiger partial charge in [0.25, 0.3) is 0 Å². The molecule has 1 aliphatic heterocycles. The van der Waals surface area contributed by atoms with Gasteiger partial charge in [0, 0.05) is 23.2 Å². The zero-order valence-electron chi connectivity index (χ0n) is 19.9. The molecule has 0 saturated carbocycles. The van der Waals surface area contributed by atoms with Crippen molar-refractivity contribution in [1.82, 2.24) is 0 Å². The van der Waals surface area contributed by atoms with Crippen LogP contribution in [-0.4, -0.2) is 47.8 Å². The number of phenols is 1. The number of hydrogen-bond donors (Lipinski definition) is 2. The Morgan fingerprint density at radius 1 is 1.11 bits per heavy atom. The Labute approximate surface area is 222 Å². The van der Waals surface area contributed by atoms with Crippen LogP contribution in [0.2, 0.25) is 5.02 Å². The first-order valence-electron chi connectivity index (χ1n) is 11.1. The lowest BCUT2D eigenvalue weighted by Gasteiger charge is -2.16. The molecule has 4 rings (SSSR count). The third-order valence-corrected chi connectivity index (χ3v) is 6.66. The molecular formula is C26H23ClN4O5S. The van der Waals surface area contributed by atoms with Crippen molar-refractivity contribution in [2.24, 2.45) is 10.2 Å². The lowest BCUT2D eigenvalue weighted by molar-refractivity contribution is -0.121. The molecule has 1 saturated heterocycles. The Balaban J connectivity index is 1.56. The second-order valence-corrected chi connectivity index (χ2v) is 9.41. The minimum absolute atomic E-state index is 0.00703. The number of carbonyl (C=O) groups is 2. The number of anilines is 2. The molecule has 9 nitrogen and oxygen atoms in total. The zero-order valence-corrected chi connectivity index (χ0v) is 21.5. The van der Waals surface area contributed by atoms with Gasteiger partial charge in [-0.25, -0.2) is 0 Å². The summed E-state index contributed by atoms with van der Waals surface area (Å²) in [4.78, 5) is 27.3. The van der Waals surface area contributed by atoms with E-state index in [9.17, 15) is 14.7 Å². The topological polar surface area (TPSA) is 113 Å². The molecule has 0 bridgehead atoms. The number of nitrogens with zero attached hydrogens (tertiary/aromatic N) is 3. The number of amidine groups is 1. The second-order valence-electron chi connectivity index (χ2n) is 7.80. The Kier molecular flexibility index (Phi) is 8.32. The maximum absolute atomic E-state index is 13.3. The van der Waals surface area contributed by atoms with Gasteiger partial charge in [-0.2, -0.15) is 5.10 Å². The van der Waals surface area contributed by atoms with E-state index in [0.29, 0.717) is 33.5 Å². The lowest BCUT2D eigenvalue weighted by atomic mass is 10.2. The molecule has 0 aliphatic carbocycles. The molecule has 37 heavy (non-hydrogen) atoms. The van der Waals surface area contributed by atoms with Crippen LogP contribution in [0.15, 0.2) is 76.9 Å². The van der Waals surface area contributed by atoms with E-state index in [0.717, 1.165) is 11.8 Å². The van der Waals surface area contributed by atoms with Gasteiger partial charge < -0.3 is 19.9 Å². The molecule has 0 radical (unpaired) electrons. The fraction of sp³-hybridized carbons (Fsp3) is 0.154. The minimum Gasteiger partial charge on any atom is -0.508 e. The summed E-state index contributed by atoms with van der Waals surface area (Å²) in [5.74, 6) is 0.434. The first-order valence-corrected chi connectivity index (χ1v) is 12.3. The van der Waals surface area contributed by atoms with Crippen LogP contribution in [0, 0.1) is 0 Å². The van der Waals surface area contributed by atoms with Crippen molar-refractivity contribution in [1.29, 1.82) is 0 Å². The standard InChI is InChI=1S/C26H23ClN4O5S/c1-35-21-11-6-16(12-22(21)36-2)15-28-30-26-31(19-4-3-5-20(32)13-19)25(34)23(37-26)14-24(33)29-18-9-7-17(27)8-10-18/h3-13,15,23,32H,14H2,1-2H3,(H,29,33)/b28-15+,30-26+. The first kappa shape index (κ1) is 26.1. The van der Waals surface area contributed by atoms with Crippen LogP contribution >= 0.6 is 23.4 Å². The number of phenolic OH excluding ortho intramolecular Hbond substituents is 1. The molecule has 190 valence electrons. The third kappa shape index (κ3) is 6.41. The number of benzene rings is 3. The first-order chi connectivity index (χ1) is 17.9. The number of carbonyl (C=O) groups excluding carboxylic acids is 2. The van der Waals surface area contributed by atoms with Crippen molar-refractivity contribution in [3.8, 4) is 17.2 Å². The third-order valence-electron chi connectivity index (χ3n) is 5.28. The predicted octanol–water partition coefficient (Wildman–Crippen LogP) is 4.93. The van der Waals surface area contributed by atoms with Gasteiger partial charge in [0.1, 0.15) is 11.0 Å². The van der Waals surface area contributed by atoms with Crippen molar-refractivity contribution in [2.75, 3.05) is 24.4 Å². The molecule has 1 atom stereocenters. The number of rotatable bonds is 8. The highest BCUT2D eigenvalue weighted by Crippen LogP contribution is 2.35. The van der Waals surface area contributed by atoms with Crippen molar-refractivity contribution in [3.05, 3.63) is 77.3 Å². The fourth-order valence-electron chi connectivity index (χ4n) is 3.53. The van der Waals surface area contributed by atoms with E-state index in [1.54, 1.807) is 61.7 Å². The van der Waals surface area contributed by atoms with Crippen molar-refractivity contribution in [2.45, 2.75) is 11.7 Å². The Morgan fingerprint density at radius 3 is 2.57 bits per heavy atom. The summed E-state index contributed by atoms with van der Waals surface area (Å²) in [5, 5.41) is 21.2. The summed E-state index contributed by atoms with van der Waals surface area (Å²) in [6.07, 6.45) is 1.43. The maximum atomic E-state index is 13.3. The average molecular weight is 539 g/mol. The van der Waals surface area contributed by atoms with Crippen LogP contribution in [0.25, 0.3) is 0 Å². The summed E-state index contributed by atoms with van der Waals surface area (Å²) < 4.78 is 10.6. The molecular weight excluding hydrogens is 516 g/mol. The van der Waals surface area contributed by atoms with Crippen molar-refractivity contribution < 1.29 is 24.2 Å². The minimum atomic E-state index is -0.732. The normalized spacial score (nSPS) is 16.4. The SMILES string of the molecule is COc1ccc(/C=N/N=C2/SC(CC(=O)Nc3ccc(Cl)cc3)C(=O)N2c2cccc(O)c2)cc1OC. The maximum Gasteiger partial charge on any atom is 0.247 e. The second kappa shape index (κ2) is 11.8. The number of amides is 2. The summed E-state index contributed by atoms with van der Waals surface area (Å²) in [6.45, 7) is 0. The lowest BCUT2D eigenvalue weighted by Crippen LogP contribution is -2.33. The number of hydrogen-bond acceptors (Lipinski definition) is 8.